The van der Waals surface area contributed by atoms with Gasteiger partial charge in [-0.1, -0.05) is 65.7 Å². The number of benzene rings is 3. The van der Waals surface area contributed by atoms with Crippen LogP contribution in [0.15, 0.2) is 72.8 Å². The van der Waals surface area contributed by atoms with E-state index in [-0.39, 0.29) is 5.91 Å². The van der Waals surface area contributed by atoms with Gasteiger partial charge in [0, 0.05) is 23.9 Å². The van der Waals surface area contributed by atoms with E-state index in [4.69, 9.17) is 0 Å². The van der Waals surface area contributed by atoms with Gasteiger partial charge < -0.3 is 4.90 Å². The second-order valence-electron chi connectivity index (χ2n) is 7.39. The van der Waals surface area contributed by atoms with Crippen molar-refractivity contribution in [3.63, 3.8) is 0 Å². The number of rotatable bonds is 4. The van der Waals surface area contributed by atoms with E-state index in [1.165, 1.54) is 11.1 Å². The number of carbonyl (C=O) groups excluding carboxylic acids is 1. The van der Waals surface area contributed by atoms with Crippen molar-refractivity contribution < 1.29 is 4.79 Å². The summed E-state index contributed by atoms with van der Waals surface area (Å²) in [6, 6.07) is 24.6. The Kier molecular flexibility index (Phi) is 4.74. The molecular formula is C25H24N2O. The van der Waals surface area contributed by atoms with Crippen molar-refractivity contribution in [2.75, 3.05) is 23.5 Å². The standard InChI is InChI=1S/C25H24N2O/c1-18-8-12-20(13-9-18)16-23-22-6-4-5-7-24(22)27(25(23)28)17-26(3)21-14-10-19(2)11-15-21/h4-16H,17H2,1-3H3/b23-16+. The topological polar surface area (TPSA) is 23.6 Å². The van der Waals surface area contributed by atoms with Crippen LogP contribution in [0.5, 0.6) is 0 Å². The Morgan fingerprint density at radius 2 is 1.46 bits per heavy atom. The summed E-state index contributed by atoms with van der Waals surface area (Å²) >= 11 is 0. The number of anilines is 2. The minimum absolute atomic E-state index is 0.0423. The maximum absolute atomic E-state index is 13.3. The molecule has 3 aromatic rings. The first-order valence-electron chi connectivity index (χ1n) is 9.50. The fraction of sp³-hybridized carbons (Fsp3) is 0.160. The largest absolute Gasteiger partial charge is 0.356 e. The average Bonchev–Trinajstić information content (AvgIpc) is 2.96. The first-order valence-corrected chi connectivity index (χ1v) is 9.50. The summed E-state index contributed by atoms with van der Waals surface area (Å²) in [4.78, 5) is 17.2. The zero-order valence-corrected chi connectivity index (χ0v) is 16.5. The summed E-state index contributed by atoms with van der Waals surface area (Å²) in [6.45, 7) is 4.64. The van der Waals surface area contributed by atoms with Crippen LogP contribution in [0.2, 0.25) is 0 Å². The highest BCUT2D eigenvalue weighted by Gasteiger charge is 2.32. The fourth-order valence-corrected chi connectivity index (χ4v) is 3.51. The van der Waals surface area contributed by atoms with E-state index in [0.29, 0.717) is 6.67 Å². The Morgan fingerprint density at radius 1 is 0.857 bits per heavy atom. The molecule has 0 aliphatic carbocycles. The van der Waals surface area contributed by atoms with Crippen molar-refractivity contribution in [2.24, 2.45) is 0 Å². The van der Waals surface area contributed by atoms with Crippen molar-refractivity contribution in [3.8, 4) is 0 Å². The number of hydrogen-bond donors (Lipinski definition) is 0. The lowest BCUT2D eigenvalue weighted by Gasteiger charge is -2.26. The lowest BCUT2D eigenvalue weighted by molar-refractivity contribution is -0.112. The van der Waals surface area contributed by atoms with Gasteiger partial charge in [-0.15, -0.1) is 0 Å². The molecule has 0 fully saturated rings. The van der Waals surface area contributed by atoms with Gasteiger partial charge in [0.15, 0.2) is 0 Å². The maximum atomic E-state index is 13.3. The number of nitrogens with zero attached hydrogens (tertiary/aromatic N) is 2. The van der Waals surface area contributed by atoms with Gasteiger partial charge in [-0.3, -0.25) is 9.69 Å². The molecule has 0 unspecified atom stereocenters. The molecule has 140 valence electrons. The molecule has 1 aliphatic rings. The highest BCUT2D eigenvalue weighted by Crippen LogP contribution is 2.38. The van der Waals surface area contributed by atoms with Crippen molar-refractivity contribution in [2.45, 2.75) is 13.8 Å². The minimum Gasteiger partial charge on any atom is -0.356 e. The van der Waals surface area contributed by atoms with Crippen molar-refractivity contribution in [1.29, 1.82) is 0 Å². The van der Waals surface area contributed by atoms with Gasteiger partial charge in [-0.2, -0.15) is 0 Å². The first kappa shape index (κ1) is 18.1. The average molecular weight is 368 g/mol. The van der Waals surface area contributed by atoms with E-state index in [0.717, 1.165) is 28.1 Å². The molecule has 0 spiro atoms. The zero-order valence-electron chi connectivity index (χ0n) is 16.5. The molecule has 4 rings (SSSR count). The molecular weight excluding hydrogens is 344 g/mol. The van der Waals surface area contributed by atoms with Crippen molar-refractivity contribution >= 4 is 28.9 Å². The van der Waals surface area contributed by atoms with E-state index in [9.17, 15) is 4.79 Å². The van der Waals surface area contributed by atoms with E-state index in [1.807, 2.05) is 42.3 Å². The minimum atomic E-state index is 0.0423. The molecule has 1 heterocycles. The number of para-hydroxylation sites is 1. The van der Waals surface area contributed by atoms with Gasteiger partial charge in [0.1, 0.15) is 0 Å². The predicted octanol–water partition coefficient (Wildman–Crippen LogP) is 5.28. The number of hydrogen-bond acceptors (Lipinski definition) is 2. The van der Waals surface area contributed by atoms with Gasteiger partial charge in [-0.25, -0.2) is 0 Å². The van der Waals surface area contributed by atoms with Crippen LogP contribution in [-0.4, -0.2) is 19.6 Å². The van der Waals surface area contributed by atoms with Crippen molar-refractivity contribution in [3.05, 3.63) is 95.1 Å². The van der Waals surface area contributed by atoms with Crippen LogP contribution in [-0.2, 0) is 4.79 Å². The summed E-state index contributed by atoms with van der Waals surface area (Å²) < 4.78 is 0. The summed E-state index contributed by atoms with van der Waals surface area (Å²) in [5, 5.41) is 0. The Bertz CT molecular complexity index is 1030. The van der Waals surface area contributed by atoms with Crippen LogP contribution in [0.1, 0.15) is 22.3 Å². The second kappa shape index (κ2) is 7.35. The lowest BCUT2D eigenvalue weighted by Crippen LogP contribution is -2.37. The molecule has 0 aromatic heterocycles. The second-order valence-corrected chi connectivity index (χ2v) is 7.39. The fourth-order valence-electron chi connectivity index (χ4n) is 3.51. The molecule has 0 bridgehead atoms. The van der Waals surface area contributed by atoms with Gasteiger partial charge in [0.05, 0.1) is 12.4 Å². The molecule has 0 N–H and O–H groups in total. The van der Waals surface area contributed by atoms with E-state index >= 15 is 0 Å². The Hall–Kier alpha value is -3.33. The number of aryl methyl sites for hydroxylation is 2. The molecule has 3 nitrogen and oxygen atoms in total. The van der Waals surface area contributed by atoms with Gasteiger partial charge in [-0.05, 0) is 43.7 Å². The Labute approximate surface area is 166 Å². The molecule has 28 heavy (non-hydrogen) atoms. The van der Waals surface area contributed by atoms with Crippen molar-refractivity contribution in [1.82, 2.24) is 0 Å². The smallest absolute Gasteiger partial charge is 0.260 e. The molecule has 0 saturated carbocycles. The van der Waals surface area contributed by atoms with Gasteiger partial charge in [0.25, 0.3) is 5.91 Å². The quantitative estimate of drug-likeness (QED) is 0.585. The third-order valence-electron chi connectivity index (χ3n) is 5.18. The van der Waals surface area contributed by atoms with Crippen LogP contribution in [0.3, 0.4) is 0 Å². The van der Waals surface area contributed by atoms with E-state index < -0.39 is 0 Å². The van der Waals surface area contributed by atoms with Crippen LogP contribution in [0.25, 0.3) is 11.6 Å². The van der Waals surface area contributed by atoms with E-state index in [1.54, 1.807) is 0 Å². The molecule has 3 heteroatoms. The number of fused-ring (bicyclic) bond motifs is 1. The first-order chi connectivity index (χ1) is 13.5. The third kappa shape index (κ3) is 3.44. The van der Waals surface area contributed by atoms with Gasteiger partial charge >= 0.3 is 0 Å². The number of amides is 1. The molecule has 0 atom stereocenters. The normalized spacial score (nSPS) is 14.5. The zero-order chi connectivity index (χ0) is 19.7. The molecule has 3 aromatic carbocycles. The van der Waals surface area contributed by atoms with Crippen LogP contribution >= 0.6 is 0 Å². The highest BCUT2D eigenvalue weighted by molar-refractivity contribution is 6.35. The highest BCUT2D eigenvalue weighted by atomic mass is 16.2. The predicted molar refractivity (Wildman–Crippen MR) is 117 cm³/mol. The monoisotopic (exact) mass is 368 g/mol. The number of carbonyl (C=O) groups is 1. The summed E-state index contributed by atoms with van der Waals surface area (Å²) in [6.07, 6.45) is 1.99. The summed E-state index contributed by atoms with van der Waals surface area (Å²) in [7, 11) is 2.02. The Morgan fingerprint density at radius 3 is 2.14 bits per heavy atom. The Balaban J connectivity index is 1.66. The molecule has 1 aliphatic heterocycles. The van der Waals surface area contributed by atoms with Crippen LogP contribution < -0.4 is 9.80 Å². The van der Waals surface area contributed by atoms with Gasteiger partial charge in [0.2, 0.25) is 0 Å². The lowest BCUT2D eigenvalue weighted by atomic mass is 10.0. The third-order valence-corrected chi connectivity index (χ3v) is 5.18. The van der Waals surface area contributed by atoms with Crippen LogP contribution in [0.4, 0.5) is 11.4 Å². The molecule has 0 radical (unpaired) electrons. The molecule has 0 saturated heterocycles. The maximum Gasteiger partial charge on any atom is 0.260 e. The SMILES string of the molecule is Cc1ccc(/C=C2/C(=O)N(CN(C)c3ccc(C)cc3)c3ccccc32)cc1. The van der Waals surface area contributed by atoms with E-state index in [2.05, 4.69) is 67.3 Å². The summed E-state index contributed by atoms with van der Waals surface area (Å²) in [5.41, 5.74) is 7.26. The summed E-state index contributed by atoms with van der Waals surface area (Å²) in [5.74, 6) is 0.0423. The van der Waals surface area contributed by atoms with Crippen LogP contribution in [0, 0.1) is 13.8 Å². The molecule has 1 amide bonds.